The van der Waals surface area contributed by atoms with E-state index in [1.807, 2.05) is 0 Å². The SMILES string of the molecule is O=C(NCC1CCC(O)C1)c1cc(F)cc([N+](=O)[O-])c1F. The monoisotopic (exact) mass is 300 g/mol. The maximum atomic E-state index is 13.8. The van der Waals surface area contributed by atoms with Crippen LogP contribution in [-0.4, -0.2) is 28.6 Å². The van der Waals surface area contributed by atoms with Gasteiger partial charge in [0.05, 0.1) is 22.7 Å². The molecule has 6 nitrogen and oxygen atoms in total. The number of benzene rings is 1. The molecule has 0 heterocycles. The fraction of sp³-hybridized carbons (Fsp3) is 0.462. The molecular formula is C13H14F2N2O4. The number of hydrogen-bond donors (Lipinski definition) is 2. The van der Waals surface area contributed by atoms with Gasteiger partial charge in [0, 0.05) is 6.54 Å². The molecule has 21 heavy (non-hydrogen) atoms. The maximum absolute atomic E-state index is 13.8. The highest BCUT2D eigenvalue weighted by molar-refractivity contribution is 5.95. The molecule has 2 atom stereocenters. The third-order valence-corrected chi connectivity index (χ3v) is 3.52. The predicted octanol–water partition coefficient (Wildman–Crippen LogP) is 1.76. The number of rotatable bonds is 4. The van der Waals surface area contributed by atoms with E-state index in [9.17, 15) is 28.8 Å². The van der Waals surface area contributed by atoms with Crippen LogP contribution < -0.4 is 5.32 Å². The van der Waals surface area contributed by atoms with Crippen molar-refractivity contribution in [3.63, 3.8) is 0 Å². The molecule has 1 aromatic rings. The Balaban J connectivity index is 2.10. The summed E-state index contributed by atoms with van der Waals surface area (Å²) in [5.74, 6) is -3.25. The molecule has 1 aliphatic carbocycles. The number of carbonyl (C=O) groups excluding carboxylic acids is 1. The van der Waals surface area contributed by atoms with Crippen molar-refractivity contribution in [2.75, 3.05) is 6.54 Å². The highest BCUT2D eigenvalue weighted by Gasteiger charge is 2.26. The number of amides is 1. The normalized spacial score (nSPS) is 21.3. The van der Waals surface area contributed by atoms with E-state index in [-0.39, 0.29) is 12.5 Å². The van der Waals surface area contributed by atoms with Gasteiger partial charge in [-0.05, 0) is 31.2 Å². The van der Waals surface area contributed by atoms with Gasteiger partial charge >= 0.3 is 5.69 Å². The molecule has 2 N–H and O–H groups in total. The summed E-state index contributed by atoms with van der Waals surface area (Å²) in [6.07, 6.45) is 1.50. The van der Waals surface area contributed by atoms with Gasteiger partial charge in [-0.3, -0.25) is 14.9 Å². The van der Waals surface area contributed by atoms with Gasteiger partial charge in [0.25, 0.3) is 5.91 Å². The van der Waals surface area contributed by atoms with Crippen molar-refractivity contribution in [3.05, 3.63) is 39.4 Å². The van der Waals surface area contributed by atoms with E-state index in [0.29, 0.717) is 25.0 Å². The van der Waals surface area contributed by atoms with Crippen LogP contribution in [-0.2, 0) is 0 Å². The summed E-state index contributed by atoms with van der Waals surface area (Å²) in [6.45, 7) is 0.208. The Morgan fingerprint density at radius 1 is 1.43 bits per heavy atom. The van der Waals surface area contributed by atoms with Gasteiger partial charge in [0.1, 0.15) is 5.82 Å². The average molecular weight is 300 g/mol. The van der Waals surface area contributed by atoms with E-state index >= 15 is 0 Å². The minimum atomic E-state index is -1.36. The van der Waals surface area contributed by atoms with Gasteiger partial charge in [-0.1, -0.05) is 0 Å². The minimum Gasteiger partial charge on any atom is -0.393 e. The fourth-order valence-corrected chi connectivity index (χ4v) is 2.44. The number of nitrogens with one attached hydrogen (secondary N) is 1. The van der Waals surface area contributed by atoms with E-state index in [2.05, 4.69) is 5.32 Å². The first-order valence-electron chi connectivity index (χ1n) is 6.48. The molecule has 1 amide bonds. The molecular weight excluding hydrogens is 286 g/mol. The van der Waals surface area contributed by atoms with Gasteiger partial charge in [-0.15, -0.1) is 0 Å². The van der Waals surface area contributed by atoms with Crippen LogP contribution in [0, 0.1) is 27.7 Å². The Morgan fingerprint density at radius 2 is 2.14 bits per heavy atom. The fourth-order valence-electron chi connectivity index (χ4n) is 2.44. The standard InChI is InChI=1S/C13H14F2N2O4/c14-8-4-10(12(15)11(5-8)17(20)21)13(19)16-6-7-1-2-9(18)3-7/h4-5,7,9,18H,1-3,6H2,(H,16,19). The predicted molar refractivity (Wildman–Crippen MR) is 68.7 cm³/mol. The van der Waals surface area contributed by atoms with E-state index in [4.69, 9.17) is 0 Å². The van der Waals surface area contributed by atoms with E-state index in [1.165, 1.54) is 0 Å². The van der Waals surface area contributed by atoms with Crippen LogP contribution in [0.2, 0.25) is 0 Å². The summed E-state index contributed by atoms with van der Waals surface area (Å²) in [5, 5.41) is 22.4. The lowest BCUT2D eigenvalue weighted by Gasteiger charge is -2.11. The first kappa shape index (κ1) is 15.3. The molecule has 0 spiro atoms. The number of hydrogen-bond acceptors (Lipinski definition) is 4. The molecule has 0 bridgehead atoms. The lowest BCUT2D eigenvalue weighted by atomic mass is 10.1. The third kappa shape index (κ3) is 3.52. The van der Waals surface area contributed by atoms with Gasteiger partial charge in [-0.25, -0.2) is 4.39 Å². The zero-order valence-corrected chi connectivity index (χ0v) is 11.0. The van der Waals surface area contributed by atoms with Crippen LogP contribution in [0.5, 0.6) is 0 Å². The number of halogens is 2. The average Bonchev–Trinajstić information content (AvgIpc) is 2.83. The van der Waals surface area contributed by atoms with Crippen molar-refractivity contribution in [2.45, 2.75) is 25.4 Å². The van der Waals surface area contributed by atoms with Gasteiger partial charge in [0.2, 0.25) is 5.82 Å². The topological polar surface area (TPSA) is 92.5 Å². The summed E-state index contributed by atoms with van der Waals surface area (Å²) in [4.78, 5) is 21.3. The van der Waals surface area contributed by atoms with Crippen molar-refractivity contribution < 1.29 is 23.6 Å². The molecule has 2 unspecified atom stereocenters. The molecule has 1 aromatic carbocycles. The summed E-state index contributed by atoms with van der Waals surface area (Å²) in [7, 11) is 0. The van der Waals surface area contributed by atoms with E-state index < -0.39 is 39.8 Å². The largest absolute Gasteiger partial charge is 0.393 e. The summed E-state index contributed by atoms with van der Waals surface area (Å²) in [5.41, 5.74) is -1.77. The second kappa shape index (κ2) is 6.13. The number of nitro benzene ring substituents is 1. The Kier molecular flexibility index (Phi) is 4.46. The Morgan fingerprint density at radius 3 is 2.71 bits per heavy atom. The van der Waals surface area contributed by atoms with Crippen LogP contribution in [0.3, 0.4) is 0 Å². The molecule has 1 aliphatic rings. The van der Waals surface area contributed by atoms with Crippen LogP contribution >= 0.6 is 0 Å². The van der Waals surface area contributed by atoms with Crippen LogP contribution in [0.15, 0.2) is 12.1 Å². The molecule has 0 aromatic heterocycles. The minimum absolute atomic E-state index is 0.0653. The Hall–Kier alpha value is -2.09. The van der Waals surface area contributed by atoms with Crippen LogP contribution in [0.25, 0.3) is 0 Å². The second-order valence-electron chi connectivity index (χ2n) is 5.09. The second-order valence-corrected chi connectivity index (χ2v) is 5.09. The van der Waals surface area contributed by atoms with E-state index in [0.717, 1.165) is 6.42 Å². The van der Waals surface area contributed by atoms with Crippen LogP contribution in [0.4, 0.5) is 14.5 Å². The molecule has 0 aliphatic heterocycles. The number of aliphatic hydroxyl groups excluding tert-OH is 1. The first-order chi connectivity index (χ1) is 9.88. The molecule has 0 saturated heterocycles. The first-order valence-corrected chi connectivity index (χ1v) is 6.48. The third-order valence-electron chi connectivity index (χ3n) is 3.52. The van der Waals surface area contributed by atoms with Crippen molar-refractivity contribution in [1.29, 1.82) is 0 Å². The van der Waals surface area contributed by atoms with Crippen LogP contribution in [0.1, 0.15) is 29.6 Å². The number of nitrogens with zero attached hydrogens (tertiary/aromatic N) is 1. The maximum Gasteiger partial charge on any atom is 0.308 e. The van der Waals surface area contributed by atoms with Gasteiger partial charge in [-0.2, -0.15) is 4.39 Å². The van der Waals surface area contributed by atoms with Gasteiger partial charge < -0.3 is 10.4 Å². The summed E-state index contributed by atoms with van der Waals surface area (Å²) in [6, 6.07) is 1.06. The molecule has 2 rings (SSSR count). The Bertz CT molecular complexity index is 580. The molecule has 1 fully saturated rings. The quantitative estimate of drug-likeness (QED) is 0.654. The molecule has 1 saturated carbocycles. The van der Waals surface area contributed by atoms with Crippen molar-refractivity contribution in [1.82, 2.24) is 5.32 Å². The summed E-state index contributed by atoms with van der Waals surface area (Å²) < 4.78 is 27.0. The molecule has 0 radical (unpaired) electrons. The number of aliphatic hydroxyl groups is 1. The zero-order valence-electron chi connectivity index (χ0n) is 11.0. The zero-order chi connectivity index (χ0) is 15.6. The smallest absolute Gasteiger partial charge is 0.308 e. The lowest BCUT2D eigenvalue weighted by molar-refractivity contribution is -0.387. The number of carbonyl (C=O) groups is 1. The number of nitro groups is 1. The lowest BCUT2D eigenvalue weighted by Crippen LogP contribution is -2.29. The molecule has 8 heteroatoms. The summed E-state index contributed by atoms with van der Waals surface area (Å²) >= 11 is 0. The highest BCUT2D eigenvalue weighted by Crippen LogP contribution is 2.25. The molecule has 114 valence electrons. The van der Waals surface area contributed by atoms with Gasteiger partial charge in [0.15, 0.2) is 0 Å². The highest BCUT2D eigenvalue weighted by atomic mass is 19.1. The Labute approximate surface area is 118 Å². The van der Waals surface area contributed by atoms with E-state index in [1.54, 1.807) is 0 Å². The van der Waals surface area contributed by atoms with Crippen molar-refractivity contribution in [3.8, 4) is 0 Å². The van der Waals surface area contributed by atoms with Crippen molar-refractivity contribution >= 4 is 11.6 Å². The van der Waals surface area contributed by atoms with Crippen molar-refractivity contribution in [2.24, 2.45) is 5.92 Å².